The van der Waals surface area contributed by atoms with E-state index in [9.17, 15) is 8.78 Å². The molecule has 2 N–H and O–H groups in total. The molecule has 2 aromatic carbocycles. The molecule has 162 valence electrons. The summed E-state index contributed by atoms with van der Waals surface area (Å²) in [5.41, 5.74) is 1.15. The van der Waals surface area contributed by atoms with Gasteiger partial charge in [0.25, 0.3) is 0 Å². The Morgan fingerprint density at radius 2 is 1.87 bits per heavy atom. The zero-order valence-electron chi connectivity index (χ0n) is 17.5. The largest absolute Gasteiger partial charge is 0.493 e. The summed E-state index contributed by atoms with van der Waals surface area (Å²) < 4.78 is 38.7. The number of hydrogen-bond acceptors (Lipinski definition) is 4. The average Bonchev–Trinajstić information content (AvgIpc) is 3.20. The van der Waals surface area contributed by atoms with Crippen LogP contribution in [0.25, 0.3) is 0 Å². The molecule has 1 saturated heterocycles. The molecular weight excluding hydrogens is 390 g/mol. The van der Waals surface area contributed by atoms with Gasteiger partial charge in [-0.2, -0.15) is 0 Å². The predicted octanol–water partition coefficient (Wildman–Crippen LogP) is 2.97. The van der Waals surface area contributed by atoms with Crippen molar-refractivity contribution in [2.24, 2.45) is 4.99 Å². The van der Waals surface area contributed by atoms with Crippen molar-refractivity contribution in [2.75, 3.05) is 45.8 Å². The Balaban J connectivity index is 1.51. The van der Waals surface area contributed by atoms with E-state index in [4.69, 9.17) is 9.47 Å². The van der Waals surface area contributed by atoms with E-state index in [0.29, 0.717) is 37.1 Å². The summed E-state index contributed by atoms with van der Waals surface area (Å²) in [4.78, 5) is 6.00. The van der Waals surface area contributed by atoms with E-state index in [-0.39, 0.29) is 11.7 Å². The smallest absolute Gasteiger partial charge is 0.191 e. The Morgan fingerprint density at radius 1 is 1.13 bits per heavy atom. The third-order valence-electron chi connectivity index (χ3n) is 5.16. The topological polar surface area (TPSA) is 58.1 Å². The van der Waals surface area contributed by atoms with Crippen molar-refractivity contribution in [1.82, 2.24) is 10.6 Å². The van der Waals surface area contributed by atoms with Gasteiger partial charge in [0, 0.05) is 32.7 Å². The maximum atomic E-state index is 14.0. The summed E-state index contributed by atoms with van der Waals surface area (Å²) in [7, 11) is 4.93. The molecule has 6 nitrogen and oxygen atoms in total. The molecule has 3 rings (SSSR count). The molecule has 1 heterocycles. The fourth-order valence-electron chi connectivity index (χ4n) is 3.62. The maximum Gasteiger partial charge on any atom is 0.191 e. The Bertz CT molecular complexity index is 871. The molecule has 0 bridgehead atoms. The number of benzene rings is 2. The molecule has 1 aliphatic rings. The van der Waals surface area contributed by atoms with E-state index in [1.54, 1.807) is 26.2 Å². The molecule has 1 atom stereocenters. The van der Waals surface area contributed by atoms with Gasteiger partial charge >= 0.3 is 0 Å². The minimum Gasteiger partial charge on any atom is -0.493 e. The van der Waals surface area contributed by atoms with Crippen LogP contribution in [0.1, 0.15) is 12.0 Å². The highest BCUT2D eigenvalue weighted by molar-refractivity contribution is 5.80. The van der Waals surface area contributed by atoms with Crippen molar-refractivity contribution in [2.45, 2.75) is 18.9 Å². The fourth-order valence-corrected chi connectivity index (χ4v) is 3.62. The molecule has 0 saturated carbocycles. The fraction of sp³-hybridized carbons (Fsp3) is 0.409. The molecule has 0 aromatic heterocycles. The first kappa shape index (κ1) is 21.7. The van der Waals surface area contributed by atoms with Crippen LogP contribution in [0.5, 0.6) is 11.5 Å². The van der Waals surface area contributed by atoms with Crippen LogP contribution in [0.2, 0.25) is 0 Å². The summed E-state index contributed by atoms with van der Waals surface area (Å²) in [6.45, 7) is 1.76. The van der Waals surface area contributed by atoms with Crippen molar-refractivity contribution in [1.29, 1.82) is 0 Å². The minimum atomic E-state index is -0.534. The quantitative estimate of drug-likeness (QED) is 0.535. The first-order chi connectivity index (χ1) is 14.5. The number of anilines is 1. The normalized spacial score (nSPS) is 16.5. The lowest BCUT2D eigenvalue weighted by Gasteiger charge is -2.21. The van der Waals surface area contributed by atoms with Crippen LogP contribution in [0.4, 0.5) is 14.5 Å². The molecular formula is C22H28F2N4O2. The van der Waals surface area contributed by atoms with Gasteiger partial charge < -0.3 is 25.0 Å². The number of methoxy groups -OCH3 is 2. The van der Waals surface area contributed by atoms with Gasteiger partial charge in [0.15, 0.2) is 17.5 Å². The number of nitrogens with one attached hydrogen (secondary N) is 2. The van der Waals surface area contributed by atoms with E-state index in [2.05, 4.69) is 15.6 Å². The Labute approximate surface area is 175 Å². The average molecular weight is 418 g/mol. The zero-order valence-corrected chi connectivity index (χ0v) is 17.5. The summed E-state index contributed by atoms with van der Waals surface area (Å²) >= 11 is 0. The van der Waals surface area contributed by atoms with E-state index in [1.807, 2.05) is 18.2 Å². The van der Waals surface area contributed by atoms with Crippen LogP contribution in [0.3, 0.4) is 0 Å². The first-order valence-corrected chi connectivity index (χ1v) is 9.92. The van der Waals surface area contributed by atoms with E-state index in [1.165, 1.54) is 18.2 Å². The van der Waals surface area contributed by atoms with Crippen LogP contribution >= 0.6 is 0 Å². The molecule has 1 fully saturated rings. The van der Waals surface area contributed by atoms with Crippen LogP contribution in [-0.2, 0) is 6.42 Å². The SMILES string of the molecule is CN=C(NCCc1ccc(OC)c(OC)c1)NC1CCN(c2c(F)cccc2F)C1. The van der Waals surface area contributed by atoms with E-state index in [0.717, 1.165) is 18.4 Å². The number of para-hydroxylation sites is 1. The number of aliphatic imine (C=N–C) groups is 1. The summed E-state index contributed by atoms with van der Waals surface area (Å²) in [5.74, 6) is 0.991. The number of hydrogen-bond donors (Lipinski definition) is 2. The van der Waals surface area contributed by atoms with Gasteiger partial charge in [-0.25, -0.2) is 8.78 Å². The predicted molar refractivity (Wildman–Crippen MR) is 115 cm³/mol. The summed E-state index contributed by atoms with van der Waals surface area (Å²) in [5, 5.41) is 6.63. The third-order valence-corrected chi connectivity index (χ3v) is 5.16. The van der Waals surface area contributed by atoms with Gasteiger partial charge in [-0.05, 0) is 42.7 Å². The molecule has 0 spiro atoms. The van der Waals surface area contributed by atoms with Gasteiger partial charge in [0.05, 0.1) is 14.2 Å². The monoisotopic (exact) mass is 418 g/mol. The molecule has 0 amide bonds. The lowest BCUT2D eigenvalue weighted by molar-refractivity contribution is 0.354. The number of halogens is 2. The third kappa shape index (κ3) is 5.11. The molecule has 2 aromatic rings. The second kappa shape index (κ2) is 10.1. The standard InChI is InChI=1S/C22H28F2N4O2/c1-25-22(26-11-9-15-7-8-19(29-2)20(13-15)30-3)27-16-10-12-28(14-16)21-17(23)5-4-6-18(21)24/h4-8,13,16H,9-12,14H2,1-3H3,(H2,25,26,27). The summed E-state index contributed by atoms with van der Waals surface area (Å²) in [6.07, 6.45) is 1.54. The maximum absolute atomic E-state index is 14.0. The number of nitrogens with zero attached hydrogens (tertiary/aromatic N) is 2. The van der Waals surface area contributed by atoms with Gasteiger partial charge in [-0.15, -0.1) is 0 Å². The zero-order chi connectivity index (χ0) is 21.5. The van der Waals surface area contributed by atoms with Gasteiger partial charge in [0.2, 0.25) is 0 Å². The first-order valence-electron chi connectivity index (χ1n) is 9.92. The lowest BCUT2D eigenvalue weighted by Crippen LogP contribution is -2.45. The molecule has 1 unspecified atom stereocenters. The van der Waals surface area contributed by atoms with Gasteiger partial charge in [0.1, 0.15) is 17.3 Å². The molecule has 1 aliphatic heterocycles. The van der Waals surface area contributed by atoms with Crippen LogP contribution in [-0.4, -0.2) is 52.9 Å². The van der Waals surface area contributed by atoms with E-state index >= 15 is 0 Å². The van der Waals surface area contributed by atoms with Crippen LogP contribution in [0, 0.1) is 11.6 Å². The number of rotatable bonds is 7. The van der Waals surface area contributed by atoms with Gasteiger partial charge in [-0.1, -0.05) is 12.1 Å². The van der Waals surface area contributed by atoms with Crippen LogP contribution < -0.4 is 25.0 Å². The highest BCUT2D eigenvalue weighted by atomic mass is 19.1. The second-order valence-corrected chi connectivity index (χ2v) is 7.08. The Kier molecular flexibility index (Phi) is 7.32. The van der Waals surface area contributed by atoms with Crippen molar-refractivity contribution in [3.8, 4) is 11.5 Å². The highest BCUT2D eigenvalue weighted by Gasteiger charge is 2.27. The van der Waals surface area contributed by atoms with Crippen molar-refractivity contribution < 1.29 is 18.3 Å². The van der Waals surface area contributed by atoms with E-state index < -0.39 is 11.6 Å². The Hall–Kier alpha value is -3.03. The lowest BCUT2D eigenvalue weighted by atomic mass is 10.1. The molecule has 0 radical (unpaired) electrons. The molecule has 30 heavy (non-hydrogen) atoms. The van der Waals surface area contributed by atoms with Gasteiger partial charge in [-0.3, -0.25) is 4.99 Å². The minimum absolute atomic E-state index is 0.0400. The van der Waals surface area contributed by atoms with Crippen molar-refractivity contribution in [3.63, 3.8) is 0 Å². The molecule has 8 heteroatoms. The Morgan fingerprint density at radius 3 is 2.53 bits per heavy atom. The van der Waals surface area contributed by atoms with Crippen molar-refractivity contribution >= 4 is 11.6 Å². The highest BCUT2D eigenvalue weighted by Crippen LogP contribution is 2.28. The number of ether oxygens (including phenoxy) is 2. The summed E-state index contributed by atoms with van der Waals surface area (Å²) in [6, 6.07) is 9.84. The van der Waals surface area contributed by atoms with Crippen LogP contribution in [0.15, 0.2) is 41.4 Å². The number of guanidine groups is 1. The molecule has 0 aliphatic carbocycles. The second-order valence-electron chi connectivity index (χ2n) is 7.08. The van der Waals surface area contributed by atoms with Crippen molar-refractivity contribution in [3.05, 3.63) is 53.6 Å².